The molecule has 4 heteroatoms. The van der Waals surface area contributed by atoms with Crippen LogP contribution in [-0.2, 0) is 13.7 Å². The first kappa shape index (κ1) is 8.35. The van der Waals surface area contributed by atoms with Gasteiger partial charge in [0.05, 0.1) is 5.56 Å². The number of aromatic nitrogens is 2. The van der Waals surface area contributed by atoms with Crippen LogP contribution in [-0.4, -0.2) is 9.78 Å². The van der Waals surface area contributed by atoms with Crippen molar-refractivity contribution >= 4 is 5.82 Å². The second-order valence-corrected chi connectivity index (χ2v) is 3.62. The largest absolute Gasteiger partial charge is 0.487 e. The third kappa shape index (κ3) is 1.05. The first-order valence-electron chi connectivity index (χ1n) is 4.81. The van der Waals surface area contributed by atoms with E-state index >= 15 is 0 Å². The minimum Gasteiger partial charge on any atom is -0.487 e. The van der Waals surface area contributed by atoms with E-state index in [1.165, 1.54) is 0 Å². The molecule has 4 nitrogen and oxygen atoms in total. The Kier molecular flexibility index (Phi) is 1.54. The number of hydrogen-bond acceptors (Lipinski definition) is 3. The number of benzene rings is 1. The minimum atomic E-state index is 0.497. The molecule has 1 aliphatic rings. The van der Waals surface area contributed by atoms with E-state index in [9.17, 15) is 0 Å². The van der Waals surface area contributed by atoms with Gasteiger partial charge in [0.2, 0.25) is 0 Å². The van der Waals surface area contributed by atoms with Crippen LogP contribution in [0.1, 0.15) is 5.69 Å². The van der Waals surface area contributed by atoms with Gasteiger partial charge in [0.1, 0.15) is 23.9 Å². The summed E-state index contributed by atoms with van der Waals surface area (Å²) in [4.78, 5) is 0. The molecule has 15 heavy (non-hydrogen) atoms. The standard InChI is InChI=1S/C11H11N3O/c1-14-11(12)10-7-4-2-3-5-9(7)15-6-8(10)13-14/h2-5H,6,12H2,1H3. The highest BCUT2D eigenvalue weighted by Gasteiger charge is 2.23. The Labute approximate surface area is 87.3 Å². The second kappa shape index (κ2) is 2.76. The van der Waals surface area contributed by atoms with E-state index in [0.29, 0.717) is 12.4 Å². The van der Waals surface area contributed by atoms with Gasteiger partial charge in [-0.3, -0.25) is 4.68 Å². The molecule has 0 aliphatic carbocycles. The van der Waals surface area contributed by atoms with Crippen LogP contribution in [0.4, 0.5) is 5.82 Å². The van der Waals surface area contributed by atoms with Crippen molar-refractivity contribution < 1.29 is 4.74 Å². The Morgan fingerprint density at radius 3 is 3.07 bits per heavy atom. The molecule has 2 aromatic rings. The molecule has 2 N–H and O–H groups in total. The predicted octanol–water partition coefficient (Wildman–Crippen LogP) is 1.56. The van der Waals surface area contributed by atoms with Crippen LogP contribution in [0.2, 0.25) is 0 Å². The maximum absolute atomic E-state index is 5.98. The maximum atomic E-state index is 5.98. The summed E-state index contributed by atoms with van der Waals surface area (Å²) < 4.78 is 7.28. The van der Waals surface area contributed by atoms with E-state index in [1.54, 1.807) is 4.68 Å². The lowest BCUT2D eigenvalue weighted by Crippen LogP contribution is -2.05. The Bertz CT molecular complexity index is 531. The van der Waals surface area contributed by atoms with Gasteiger partial charge < -0.3 is 10.5 Å². The highest BCUT2D eigenvalue weighted by atomic mass is 16.5. The third-order valence-corrected chi connectivity index (χ3v) is 2.68. The van der Waals surface area contributed by atoms with E-state index in [4.69, 9.17) is 10.5 Å². The fourth-order valence-electron chi connectivity index (χ4n) is 1.93. The number of rotatable bonds is 0. The van der Waals surface area contributed by atoms with Crippen LogP contribution < -0.4 is 10.5 Å². The van der Waals surface area contributed by atoms with Crippen LogP contribution in [0, 0.1) is 0 Å². The summed E-state index contributed by atoms with van der Waals surface area (Å²) in [6, 6.07) is 7.89. The fourth-order valence-corrected chi connectivity index (χ4v) is 1.93. The number of fused-ring (bicyclic) bond motifs is 3. The summed E-state index contributed by atoms with van der Waals surface area (Å²) in [6.07, 6.45) is 0. The Morgan fingerprint density at radius 1 is 1.40 bits per heavy atom. The quantitative estimate of drug-likeness (QED) is 0.703. The number of ether oxygens (including phenoxy) is 1. The average molecular weight is 201 g/mol. The number of anilines is 1. The van der Waals surface area contributed by atoms with E-state index in [-0.39, 0.29) is 0 Å². The summed E-state index contributed by atoms with van der Waals surface area (Å²) >= 11 is 0. The zero-order chi connectivity index (χ0) is 10.4. The normalized spacial score (nSPS) is 12.9. The lowest BCUT2D eigenvalue weighted by atomic mass is 10.0. The smallest absolute Gasteiger partial charge is 0.133 e. The molecule has 0 saturated carbocycles. The van der Waals surface area contributed by atoms with Crippen molar-refractivity contribution in [1.82, 2.24) is 9.78 Å². The summed E-state index contributed by atoms with van der Waals surface area (Å²) in [5.41, 5.74) is 8.94. The molecule has 1 aromatic carbocycles. The minimum absolute atomic E-state index is 0.497. The van der Waals surface area contributed by atoms with E-state index in [0.717, 1.165) is 22.6 Å². The summed E-state index contributed by atoms with van der Waals surface area (Å²) in [6.45, 7) is 0.497. The van der Waals surface area contributed by atoms with E-state index < -0.39 is 0 Å². The number of nitrogen functional groups attached to an aromatic ring is 1. The highest BCUT2D eigenvalue weighted by molar-refractivity contribution is 5.82. The molecule has 0 atom stereocenters. The van der Waals surface area contributed by atoms with Crippen molar-refractivity contribution in [3.63, 3.8) is 0 Å². The van der Waals surface area contributed by atoms with Gasteiger partial charge in [0.15, 0.2) is 0 Å². The van der Waals surface area contributed by atoms with Gasteiger partial charge in [-0.1, -0.05) is 18.2 Å². The number of nitrogens with two attached hydrogens (primary N) is 1. The number of hydrogen-bond donors (Lipinski definition) is 1. The second-order valence-electron chi connectivity index (χ2n) is 3.62. The molecule has 0 amide bonds. The molecule has 1 aromatic heterocycles. The van der Waals surface area contributed by atoms with Crippen LogP contribution in [0.5, 0.6) is 5.75 Å². The number of nitrogens with zero attached hydrogens (tertiary/aromatic N) is 2. The van der Waals surface area contributed by atoms with Crippen LogP contribution in [0.25, 0.3) is 11.1 Å². The molecule has 2 heterocycles. The van der Waals surface area contributed by atoms with Crippen LogP contribution in [0.3, 0.4) is 0 Å². The summed E-state index contributed by atoms with van der Waals surface area (Å²) in [7, 11) is 1.84. The van der Waals surface area contributed by atoms with Gasteiger partial charge in [0, 0.05) is 12.6 Å². The molecule has 0 spiro atoms. The van der Waals surface area contributed by atoms with Crippen molar-refractivity contribution in [2.45, 2.75) is 6.61 Å². The zero-order valence-electron chi connectivity index (χ0n) is 8.40. The van der Waals surface area contributed by atoms with Gasteiger partial charge in [-0.05, 0) is 6.07 Å². The summed E-state index contributed by atoms with van der Waals surface area (Å²) in [5.74, 6) is 1.57. The van der Waals surface area contributed by atoms with Gasteiger partial charge in [-0.2, -0.15) is 5.10 Å². The van der Waals surface area contributed by atoms with Crippen LogP contribution in [0.15, 0.2) is 24.3 Å². The monoisotopic (exact) mass is 201 g/mol. The SMILES string of the molecule is Cn1nc2c(c1N)-c1ccccc1OC2. The van der Waals surface area contributed by atoms with E-state index in [1.807, 2.05) is 31.3 Å². The van der Waals surface area contributed by atoms with Crippen molar-refractivity contribution in [3.05, 3.63) is 30.0 Å². The van der Waals surface area contributed by atoms with E-state index in [2.05, 4.69) is 5.10 Å². The molecule has 0 fully saturated rings. The number of para-hydroxylation sites is 1. The Balaban J connectivity index is 2.33. The topological polar surface area (TPSA) is 53.1 Å². The first-order chi connectivity index (χ1) is 7.27. The van der Waals surface area contributed by atoms with Gasteiger partial charge >= 0.3 is 0 Å². The predicted molar refractivity (Wildman–Crippen MR) is 57.4 cm³/mol. The Hall–Kier alpha value is -1.97. The first-order valence-corrected chi connectivity index (χ1v) is 4.81. The van der Waals surface area contributed by atoms with Crippen molar-refractivity contribution in [3.8, 4) is 16.9 Å². The molecule has 76 valence electrons. The molecule has 3 rings (SSSR count). The zero-order valence-corrected chi connectivity index (χ0v) is 8.40. The molecule has 0 saturated heterocycles. The molecule has 0 unspecified atom stereocenters. The van der Waals surface area contributed by atoms with Gasteiger partial charge in [0.25, 0.3) is 0 Å². The van der Waals surface area contributed by atoms with Crippen LogP contribution >= 0.6 is 0 Å². The molecule has 0 bridgehead atoms. The third-order valence-electron chi connectivity index (χ3n) is 2.68. The summed E-state index contributed by atoms with van der Waals surface area (Å²) in [5, 5.41) is 4.32. The fraction of sp³-hybridized carbons (Fsp3) is 0.182. The van der Waals surface area contributed by atoms with Gasteiger partial charge in [-0.25, -0.2) is 0 Å². The number of aryl methyl sites for hydroxylation is 1. The molecule has 1 aliphatic heterocycles. The van der Waals surface area contributed by atoms with Crippen molar-refractivity contribution in [1.29, 1.82) is 0 Å². The highest BCUT2D eigenvalue weighted by Crippen LogP contribution is 2.39. The lowest BCUT2D eigenvalue weighted by Gasteiger charge is -2.16. The van der Waals surface area contributed by atoms with Crippen molar-refractivity contribution in [2.24, 2.45) is 7.05 Å². The Morgan fingerprint density at radius 2 is 2.20 bits per heavy atom. The molecular formula is C11H11N3O. The maximum Gasteiger partial charge on any atom is 0.133 e. The van der Waals surface area contributed by atoms with Crippen molar-refractivity contribution in [2.75, 3.05) is 5.73 Å². The lowest BCUT2D eigenvalue weighted by molar-refractivity contribution is 0.296. The average Bonchev–Trinajstić information content (AvgIpc) is 2.55. The van der Waals surface area contributed by atoms with Gasteiger partial charge in [-0.15, -0.1) is 0 Å². The molecular weight excluding hydrogens is 190 g/mol. The molecule has 0 radical (unpaired) electrons.